The standard InChI is InChI=1S/C15H24O2/c1-9-6-12(17-11(3)16)8-14-13(9)7-10(2)15(14,4)5/h10,12-14H,1,6-8H2,2-5H3. The van der Waals surface area contributed by atoms with E-state index in [9.17, 15) is 4.79 Å². The third-order valence-corrected chi connectivity index (χ3v) is 5.18. The molecule has 4 atom stereocenters. The Labute approximate surface area is 104 Å². The first kappa shape index (κ1) is 12.7. The molecule has 0 saturated heterocycles. The fourth-order valence-electron chi connectivity index (χ4n) is 3.79. The predicted octanol–water partition coefficient (Wildman–Crippen LogP) is 3.57. The van der Waals surface area contributed by atoms with E-state index in [4.69, 9.17) is 4.74 Å². The van der Waals surface area contributed by atoms with Gasteiger partial charge in [0.15, 0.2) is 0 Å². The molecule has 0 bridgehead atoms. The van der Waals surface area contributed by atoms with Crippen LogP contribution in [-0.4, -0.2) is 12.1 Å². The Balaban J connectivity index is 2.16. The van der Waals surface area contributed by atoms with Gasteiger partial charge in [-0.15, -0.1) is 0 Å². The van der Waals surface area contributed by atoms with Gasteiger partial charge in [-0.1, -0.05) is 32.9 Å². The fourth-order valence-corrected chi connectivity index (χ4v) is 3.79. The van der Waals surface area contributed by atoms with Crippen LogP contribution in [0, 0.1) is 23.2 Å². The number of carbonyl (C=O) groups excluding carboxylic acids is 1. The van der Waals surface area contributed by atoms with Crippen LogP contribution in [0.15, 0.2) is 12.2 Å². The van der Waals surface area contributed by atoms with Crippen molar-refractivity contribution in [3.8, 4) is 0 Å². The van der Waals surface area contributed by atoms with E-state index in [2.05, 4.69) is 27.4 Å². The number of carbonyl (C=O) groups is 1. The van der Waals surface area contributed by atoms with E-state index < -0.39 is 0 Å². The lowest BCUT2D eigenvalue weighted by atomic mass is 9.68. The maximum atomic E-state index is 11.1. The second-order valence-corrected chi connectivity index (χ2v) is 6.50. The van der Waals surface area contributed by atoms with Crippen LogP contribution < -0.4 is 0 Å². The lowest BCUT2D eigenvalue weighted by molar-refractivity contribution is -0.148. The Bertz CT molecular complexity index is 343. The number of hydrogen-bond donors (Lipinski definition) is 0. The largest absolute Gasteiger partial charge is 0.462 e. The summed E-state index contributed by atoms with van der Waals surface area (Å²) in [5.41, 5.74) is 1.64. The molecule has 0 N–H and O–H groups in total. The van der Waals surface area contributed by atoms with Crippen LogP contribution in [0.3, 0.4) is 0 Å². The molecule has 0 heterocycles. The lowest BCUT2D eigenvalue weighted by Gasteiger charge is -2.40. The Morgan fingerprint density at radius 2 is 2.06 bits per heavy atom. The van der Waals surface area contributed by atoms with Gasteiger partial charge >= 0.3 is 5.97 Å². The van der Waals surface area contributed by atoms with Crippen molar-refractivity contribution < 1.29 is 9.53 Å². The van der Waals surface area contributed by atoms with E-state index in [0.717, 1.165) is 18.8 Å². The van der Waals surface area contributed by atoms with E-state index >= 15 is 0 Å². The van der Waals surface area contributed by atoms with Gasteiger partial charge in [-0.2, -0.15) is 0 Å². The smallest absolute Gasteiger partial charge is 0.302 e. The lowest BCUT2D eigenvalue weighted by Crippen LogP contribution is -2.35. The monoisotopic (exact) mass is 236 g/mol. The van der Waals surface area contributed by atoms with Gasteiger partial charge in [0.2, 0.25) is 0 Å². The molecule has 0 spiro atoms. The highest BCUT2D eigenvalue weighted by atomic mass is 16.5. The van der Waals surface area contributed by atoms with Crippen LogP contribution in [0.2, 0.25) is 0 Å². The van der Waals surface area contributed by atoms with Crippen molar-refractivity contribution in [2.45, 2.75) is 53.1 Å². The number of rotatable bonds is 1. The highest BCUT2D eigenvalue weighted by molar-refractivity contribution is 5.66. The first-order chi connectivity index (χ1) is 7.82. The second kappa shape index (κ2) is 4.15. The summed E-state index contributed by atoms with van der Waals surface area (Å²) in [7, 11) is 0. The van der Waals surface area contributed by atoms with E-state index in [1.54, 1.807) is 0 Å². The normalized spacial score (nSPS) is 39.9. The Kier molecular flexibility index (Phi) is 3.09. The summed E-state index contributed by atoms with van der Waals surface area (Å²) in [6.07, 6.45) is 3.19. The Morgan fingerprint density at radius 3 is 2.65 bits per heavy atom. The molecule has 2 fully saturated rings. The van der Waals surface area contributed by atoms with E-state index in [1.165, 1.54) is 18.9 Å². The third kappa shape index (κ3) is 2.14. The molecule has 0 radical (unpaired) electrons. The molecule has 2 nitrogen and oxygen atoms in total. The molecule has 2 aliphatic rings. The molecule has 2 heteroatoms. The Hall–Kier alpha value is -0.790. The molecule has 96 valence electrons. The molecule has 2 aliphatic carbocycles. The second-order valence-electron chi connectivity index (χ2n) is 6.50. The SMILES string of the molecule is C=C1CC(OC(C)=O)CC2C1CC(C)C2(C)C. The average molecular weight is 236 g/mol. The zero-order valence-electron chi connectivity index (χ0n) is 11.5. The van der Waals surface area contributed by atoms with Crippen LogP contribution in [-0.2, 0) is 9.53 Å². The summed E-state index contributed by atoms with van der Waals surface area (Å²) in [6, 6.07) is 0. The minimum Gasteiger partial charge on any atom is -0.462 e. The quantitative estimate of drug-likeness (QED) is 0.514. The Morgan fingerprint density at radius 1 is 1.41 bits per heavy atom. The summed E-state index contributed by atoms with van der Waals surface area (Å²) in [5, 5.41) is 0. The van der Waals surface area contributed by atoms with Crippen molar-refractivity contribution in [3.63, 3.8) is 0 Å². The van der Waals surface area contributed by atoms with Gasteiger partial charge in [0.25, 0.3) is 0 Å². The van der Waals surface area contributed by atoms with Crippen molar-refractivity contribution in [1.29, 1.82) is 0 Å². The minimum absolute atomic E-state index is 0.0609. The molecular weight excluding hydrogens is 212 g/mol. The topological polar surface area (TPSA) is 26.3 Å². The summed E-state index contributed by atoms with van der Waals surface area (Å²) in [6.45, 7) is 12.8. The number of fused-ring (bicyclic) bond motifs is 1. The summed E-state index contributed by atoms with van der Waals surface area (Å²) in [5.74, 6) is 1.84. The molecule has 0 amide bonds. The summed E-state index contributed by atoms with van der Waals surface area (Å²) in [4.78, 5) is 11.1. The molecule has 2 saturated carbocycles. The third-order valence-electron chi connectivity index (χ3n) is 5.18. The molecule has 4 unspecified atom stereocenters. The van der Waals surface area contributed by atoms with Gasteiger partial charge in [-0.25, -0.2) is 0 Å². The molecule has 17 heavy (non-hydrogen) atoms. The minimum atomic E-state index is -0.162. The van der Waals surface area contributed by atoms with Crippen molar-refractivity contribution in [2.75, 3.05) is 0 Å². The van der Waals surface area contributed by atoms with Gasteiger partial charge in [-0.3, -0.25) is 4.79 Å². The van der Waals surface area contributed by atoms with Crippen LogP contribution >= 0.6 is 0 Å². The van der Waals surface area contributed by atoms with Gasteiger partial charge in [0, 0.05) is 13.3 Å². The van der Waals surface area contributed by atoms with Gasteiger partial charge in [0.1, 0.15) is 6.10 Å². The van der Waals surface area contributed by atoms with Crippen LogP contribution in [0.5, 0.6) is 0 Å². The van der Waals surface area contributed by atoms with Gasteiger partial charge < -0.3 is 4.74 Å². The summed E-state index contributed by atoms with van der Waals surface area (Å²) >= 11 is 0. The highest BCUT2D eigenvalue weighted by Crippen LogP contribution is 2.57. The highest BCUT2D eigenvalue weighted by Gasteiger charge is 2.50. The van der Waals surface area contributed by atoms with Crippen molar-refractivity contribution in [1.82, 2.24) is 0 Å². The zero-order valence-corrected chi connectivity index (χ0v) is 11.5. The van der Waals surface area contributed by atoms with Crippen molar-refractivity contribution in [3.05, 3.63) is 12.2 Å². The van der Waals surface area contributed by atoms with Gasteiger partial charge in [0.05, 0.1) is 0 Å². The molecule has 0 aromatic heterocycles. The maximum Gasteiger partial charge on any atom is 0.302 e. The zero-order chi connectivity index (χ0) is 12.8. The first-order valence-electron chi connectivity index (χ1n) is 6.67. The average Bonchev–Trinajstić information content (AvgIpc) is 2.40. The van der Waals surface area contributed by atoms with Crippen LogP contribution in [0.25, 0.3) is 0 Å². The molecular formula is C15H24O2. The van der Waals surface area contributed by atoms with Gasteiger partial charge in [-0.05, 0) is 36.0 Å². The molecule has 2 rings (SSSR count). The number of hydrogen-bond acceptors (Lipinski definition) is 2. The predicted molar refractivity (Wildman–Crippen MR) is 68.5 cm³/mol. The molecule has 0 aromatic rings. The molecule has 0 aliphatic heterocycles. The van der Waals surface area contributed by atoms with E-state index in [-0.39, 0.29) is 12.1 Å². The molecule has 0 aromatic carbocycles. The summed E-state index contributed by atoms with van der Waals surface area (Å²) < 4.78 is 5.40. The van der Waals surface area contributed by atoms with E-state index in [1.807, 2.05) is 0 Å². The maximum absolute atomic E-state index is 11.1. The first-order valence-corrected chi connectivity index (χ1v) is 6.67. The van der Waals surface area contributed by atoms with Crippen molar-refractivity contribution in [2.24, 2.45) is 23.2 Å². The van der Waals surface area contributed by atoms with Crippen LogP contribution in [0.4, 0.5) is 0 Å². The van der Waals surface area contributed by atoms with Crippen LogP contribution in [0.1, 0.15) is 47.0 Å². The van der Waals surface area contributed by atoms with E-state index in [0.29, 0.717) is 17.3 Å². The fraction of sp³-hybridized carbons (Fsp3) is 0.800. The number of esters is 1. The van der Waals surface area contributed by atoms with Crippen molar-refractivity contribution >= 4 is 5.97 Å². The number of ether oxygens (including phenoxy) is 1.